The average molecular weight is 246 g/mol. The molecule has 0 saturated heterocycles. The van der Waals surface area contributed by atoms with Gasteiger partial charge in [-0.15, -0.1) is 0 Å². The van der Waals surface area contributed by atoms with E-state index in [2.05, 4.69) is 43.4 Å². The van der Waals surface area contributed by atoms with Crippen LogP contribution in [0.2, 0.25) is 0 Å². The van der Waals surface area contributed by atoms with Crippen LogP contribution in [-0.4, -0.2) is 12.1 Å². The summed E-state index contributed by atoms with van der Waals surface area (Å²) in [6, 6.07) is 9.96. The van der Waals surface area contributed by atoms with Gasteiger partial charge in [0.2, 0.25) is 0 Å². The van der Waals surface area contributed by atoms with Crippen molar-refractivity contribution in [3.8, 4) is 0 Å². The van der Waals surface area contributed by atoms with E-state index < -0.39 is 0 Å². The zero-order chi connectivity index (χ0) is 13.0. The van der Waals surface area contributed by atoms with Gasteiger partial charge in [-0.2, -0.15) is 0 Å². The standard InChI is InChI=1S/C16H26N2/c1-12(2)11-13-3-7-15(8-4-13)18-16-9-5-14(17)6-10-16/h3-4,7-8,12,14,16,18H,5-6,9-11,17H2,1-2H3. The number of nitrogens with two attached hydrogens (primary N) is 1. The van der Waals surface area contributed by atoms with Crippen molar-refractivity contribution >= 4 is 5.69 Å². The Morgan fingerprint density at radius 2 is 1.72 bits per heavy atom. The highest BCUT2D eigenvalue weighted by Gasteiger charge is 2.17. The summed E-state index contributed by atoms with van der Waals surface area (Å²) in [5.41, 5.74) is 8.61. The predicted octanol–water partition coefficient (Wildman–Crippen LogP) is 3.57. The summed E-state index contributed by atoms with van der Waals surface area (Å²) in [4.78, 5) is 0. The van der Waals surface area contributed by atoms with Gasteiger partial charge in [0.25, 0.3) is 0 Å². The summed E-state index contributed by atoms with van der Waals surface area (Å²) in [5, 5.41) is 3.63. The quantitative estimate of drug-likeness (QED) is 0.852. The van der Waals surface area contributed by atoms with Crippen LogP contribution in [0.25, 0.3) is 0 Å². The Balaban J connectivity index is 1.86. The molecule has 0 amide bonds. The minimum atomic E-state index is 0.427. The highest BCUT2D eigenvalue weighted by molar-refractivity contribution is 5.45. The molecule has 1 aliphatic carbocycles. The first-order valence-corrected chi connectivity index (χ1v) is 7.24. The van der Waals surface area contributed by atoms with Crippen LogP contribution in [0.15, 0.2) is 24.3 Å². The van der Waals surface area contributed by atoms with Crippen molar-refractivity contribution in [1.82, 2.24) is 0 Å². The lowest BCUT2D eigenvalue weighted by atomic mass is 9.91. The van der Waals surface area contributed by atoms with Crippen molar-refractivity contribution in [3.63, 3.8) is 0 Å². The summed E-state index contributed by atoms with van der Waals surface area (Å²) < 4.78 is 0. The Morgan fingerprint density at radius 3 is 2.28 bits per heavy atom. The molecule has 1 aromatic rings. The molecule has 0 aromatic heterocycles. The van der Waals surface area contributed by atoms with Crippen LogP contribution in [0, 0.1) is 5.92 Å². The molecule has 1 fully saturated rings. The minimum absolute atomic E-state index is 0.427. The highest BCUT2D eigenvalue weighted by Crippen LogP contribution is 2.21. The molecule has 0 bridgehead atoms. The average Bonchev–Trinajstić information content (AvgIpc) is 2.34. The fourth-order valence-corrected chi connectivity index (χ4v) is 2.71. The topological polar surface area (TPSA) is 38.0 Å². The number of nitrogens with one attached hydrogen (secondary N) is 1. The fourth-order valence-electron chi connectivity index (χ4n) is 2.71. The van der Waals surface area contributed by atoms with E-state index in [9.17, 15) is 0 Å². The largest absolute Gasteiger partial charge is 0.382 e. The number of benzene rings is 1. The molecule has 2 nitrogen and oxygen atoms in total. The first-order valence-electron chi connectivity index (χ1n) is 7.24. The van der Waals surface area contributed by atoms with Crippen LogP contribution in [0.3, 0.4) is 0 Å². The van der Waals surface area contributed by atoms with Gasteiger partial charge in [0.1, 0.15) is 0 Å². The summed E-state index contributed by atoms with van der Waals surface area (Å²) in [5.74, 6) is 0.726. The summed E-state index contributed by atoms with van der Waals surface area (Å²) >= 11 is 0. The van der Waals surface area contributed by atoms with Gasteiger partial charge in [-0.05, 0) is 55.7 Å². The monoisotopic (exact) mass is 246 g/mol. The molecule has 0 atom stereocenters. The van der Waals surface area contributed by atoms with Crippen LogP contribution in [-0.2, 0) is 6.42 Å². The van der Waals surface area contributed by atoms with Gasteiger partial charge in [0.05, 0.1) is 0 Å². The second kappa shape index (κ2) is 6.24. The van der Waals surface area contributed by atoms with Crippen LogP contribution in [0.5, 0.6) is 0 Å². The van der Waals surface area contributed by atoms with Crippen molar-refractivity contribution in [1.29, 1.82) is 0 Å². The molecule has 0 unspecified atom stereocenters. The minimum Gasteiger partial charge on any atom is -0.382 e. The maximum atomic E-state index is 5.93. The molecule has 2 heteroatoms. The smallest absolute Gasteiger partial charge is 0.0342 e. The summed E-state index contributed by atoms with van der Waals surface area (Å²) in [7, 11) is 0. The normalized spacial score (nSPS) is 24.2. The maximum Gasteiger partial charge on any atom is 0.0342 e. The van der Waals surface area contributed by atoms with E-state index in [1.807, 2.05) is 0 Å². The van der Waals surface area contributed by atoms with Gasteiger partial charge in [-0.1, -0.05) is 26.0 Å². The van der Waals surface area contributed by atoms with E-state index in [-0.39, 0.29) is 0 Å². The Kier molecular flexibility index (Phi) is 4.65. The van der Waals surface area contributed by atoms with Gasteiger partial charge >= 0.3 is 0 Å². The molecule has 18 heavy (non-hydrogen) atoms. The van der Waals surface area contributed by atoms with Crippen molar-refractivity contribution in [3.05, 3.63) is 29.8 Å². The third-order valence-electron chi connectivity index (χ3n) is 3.74. The third-order valence-corrected chi connectivity index (χ3v) is 3.74. The van der Waals surface area contributed by atoms with Crippen LogP contribution < -0.4 is 11.1 Å². The molecule has 0 aliphatic heterocycles. The van der Waals surface area contributed by atoms with Crippen LogP contribution in [0.4, 0.5) is 5.69 Å². The van der Waals surface area contributed by atoms with E-state index in [4.69, 9.17) is 5.73 Å². The Hall–Kier alpha value is -1.02. The molecule has 0 radical (unpaired) electrons. The molecule has 1 aromatic carbocycles. The summed E-state index contributed by atoms with van der Waals surface area (Å²) in [6.07, 6.45) is 5.88. The van der Waals surface area contributed by atoms with Crippen molar-refractivity contribution < 1.29 is 0 Å². The Morgan fingerprint density at radius 1 is 1.11 bits per heavy atom. The SMILES string of the molecule is CC(C)Cc1ccc(NC2CCC(N)CC2)cc1. The van der Waals surface area contributed by atoms with Gasteiger partial charge in [0.15, 0.2) is 0 Å². The number of hydrogen-bond acceptors (Lipinski definition) is 2. The first kappa shape index (κ1) is 13.4. The van der Waals surface area contributed by atoms with E-state index in [0.29, 0.717) is 12.1 Å². The molecule has 100 valence electrons. The first-order chi connectivity index (χ1) is 8.63. The lowest BCUT2D eigenvalue weighted by Crippen LogP contribution is -2.32. The molecule has 1 aliphatic rings. The fraction of sp³-hybridized carbons (Fsp3) is 0.625. The zero-order valence-electron chi connectivity index (χ0n) is 11.7. The van der Waals surface area contributed by atoms with Crippen molar-refractivity contribution in [2.45, 2.75) is 58.0 Å². The number of anilines is 1. The van der Waals surface area contributed by atoms with Gasteiger partial charge < -0.3 is 11.1 Å². The van der Waals surface area contributed by atoms with E-state index in [1.165, 1.54) is 30.5 Å². The zero-order valence-corrected chi connectivity index (χ0v) is 11.7. The lowest BCUT2D eigenvalue weighted by Gasteiger charge is -2.27. The van der Waals surface area contributed by atoms with Gasteiger partial charge in [-0.25, -0.2) is 0 Å². The Labute approximate surface area is 111 Å². The van der Waals surface area contributed by atoms with Crippen molar-refractivity contribution in [2.24, 2.45) is 11.7 Å². The lowest BCUT2D eigenvalue weighted by molar-refractivity contribution is 0.411. The van der Waals surface area contributed by atoms with Gasteiger partial charge in [-0.3, -0.25) is 0 Å². The van der Waals surface area contributed by atoms with E-state index in [0.717, 1.165) is 18.8 Å². The predicted molar refractivity (Wildman–Crippen MR) is 78.8 cm³/mol. The molecular formula is C16H26N2. The van der Waals surface area contributed by atoms with Crippen LogP contribution >= 0.6 is 0 Å². The second-order valence-corrected chi connectivity index (χ2v) is 6.05. The Bertz CT molecular complexity index is 348. The maximum absolute atomic E-state index is 5.93. The third kappa shape index (κ3) is 4.02. The van der Waals surface area contributed by atoms with Crippen LogP contribution in [0.1, 0.15) is 45.1 Å². The van der Waals surface area contributed by atoms with Gasteiger partial charge in [0, 0.05) is 17.8 Å². The molecule has 0 spiro atoms. The van der Waals surface area contributed by atoms with E-state index >= 15 is 0 Å². The molecule has 3 N–H and O–H groups in total. The van der Waals surface area contributed by atoms with Crippen molar-refractivity contribution in [2.75, 3.05) is 5.32 Å². The summed E-state index contributed by atoms with van der Waals surface area (Å²) in [6.45, 7) is 4.52. The second-order valence-electron chi connectivity index (χ2n) is 6.05. The molecule has 0 heterocycles. The molecular weight excluding hydrogens is 220 g/mol. The highest BCUT2D eigenvalue weighted by atomic mass is 14.9. The molecule has 2 rings (SSSR count). The number of rotatable bonds is 4. The molecule has 1 saturated carbocycles. The van der Waals surface area contributed by atoms with E-state index in [1.54, 1.807) is 0 Å². The number of hydrogen-bond donors (Lipinski definition) is 2.